The predicted molar refractivity (Wildman–Crippen MR) is 113 cm³/mol. The van der Waals surface area contributed by atoms with Crippen molar-refractivity contribution in [2.75, 3.05) is 31.6 Å². The molecule has 0 aromatic heterocycles. The zero-order valence-electron chi connectivity index (χ0n) is 16.3. The normalized spacial score (nSPS) is 14.8. The number of nitrogens with one attached hydrogen (secondary N) is 2. The molecule has 1 unspecified atom stereocenters. The van der Waals surface area contributed by atoms with E-state index >= 15 is 0 Å². The Morgan fingerprint density at radius 1 is 1.21 bits per heavy atom. The summed E-state index contributed by atoms with van der Waals surface area (Å²) in [6, 6.07) is 11.6. The highest BCUT2D eigenvalue weighted by Gasteiger charge is 2.25. The zero-order valence-corrected chi connectivity index (χ0v) is 17.9. The van der Waals surface area contributed by atoms with Crippen LogP contribution in [0.2, 0.25) is 5.02 Å². The Bertz CT molecular complexity index is 993. The van der Waals surface area contributed by atoms with Crippen molar-refractivity contribution in [2.24, 2.45) is 0 Å². The summed E-state index contributed by atoms with van der Waals surface area (Å²) in [6.45, 7) is 5.61. The number of hydrogen-bond donors (Lipinski definition) is 2. The van der Waals surface area contributed by atoms with Crippen LogP contribution >= 0.6 is 11.6 Å². The van der Waals surface area contributed by atoms with Crippen LogP contribution in [-0.4, -0.2) is 45.5 Å². The minimum Gasteiger partial charge on any atom is -0.482 e. The Labute approximate surface area is 176 Å². The molecule has 0 aliphatic carbocycles. The molecular weight excluding hydrogens is 414 g/mol. The molecule has 1 aliphatic heterocycles. The molecule has 2 N–H and O–H groups in total. The number of rotatable bonds is 8. The Morgan fingerprint density at radius 3 is 2.62 bits per heavy atom. The first-order valence-electron chi connectivity index (χ1n) is 9.40. The minimum absolute atomic E-state index is 0.0551. The van der Waals surface area contributed by atoms with Gasteiger partial charge >= 0.3 is 0 Å². The van der Waals surface area contributed by atoms with Gasteiger partial charge in [0.05, 0.1) is 10.6 Å². The molecular formula is C20H24ClN3O4S. The smallest absolute Gasteiger partial charge is 0.262 e. The van der Waals surface area contributed by atoms with E-state index in [1.807, 2.05) is 32.0 Å². The number of carbonyl (C=O) groups excluding carboxylic acids is 1. The molecule has 156 valence electrons. The fourth-order valence-electron chi connectivity index (χ4n) is 3.35. The van der Waals surface area contributed by atoms with E-state index in [1.165, 1.54) is 12.1 Å². The molecule has 2 aromatic rings. The summed E-state index contributed by atoms with van der Waals surface area (Å²) in [5.74, 6) is 0.126. The zero-order chi connectivity index (χ0) is 21.0. The number of ether oxygens (including phenoxy) is 1. The Morgan fingerprint density at radius 2 is 1.93 bits per heavy atom. The molecule has 1 atom stereocenters. The Hall–Kier alpha value is -2.13. The summed E-state index contributed by atoms with van der Waals surface area (Å²) in [4.78, 5) is 13.7. The van der Waals surface area contributed by atoms with Crippen molar-refractivity contribution in [1.82, 2.24) is 9.62 Å². The fraction of sp³-hybridized carbons (Fsp3) is 0.350. The monoisotopic (exact) mass is 437 g/mol. The predicted octanol–water partition coefficient (Wildman–Crippen LogP) is 3.03. The standard InChI is InChI=1S/C20H24ClN3O4S/c1-3-24(4-2)18(15-7-5-6-8-16(15)21)12-22-29(26,27)14-9-10-19-17(11-14)23-20(25)13-28-19/h5-11,18,22H,3-4,12-13H2,1-2H3,(H,23,25). The molecule has 0 radical (unpaired) electrons. The molecule has 0 saturated carbocycles. The topological polar surface area (TPSA) is 87.7 Å². The van der Waals surface area contributed by atoms with Crippen LogP contribution in [0.3, 0.4) is 0 Å². The molecule has 1 heterocycles. The van der Waals surface area contributed by atoms with Gasteiger partial charge in [0.1, 0.15) is 5.75 Å². The average molecular weight is 438 g/mol. The number of likely N-dealkylation sites (N-methyl/N-ethyl adjacent to an activating group) is 1. The van der Waals surface area contributed by atoms with E-state index < -0.39 is 10.0 Å². The van der Waals surface area contributed by atoms with E-state index in [0.29, 0.717) is 16.5 Å². The van der Waals surface area contributed by atoms with Crippen LogP contribution in [0.15, 0.2) is 47.4 Å². The maximum absolute atomic E-state index is 12.9. The molecule has 0 spiro atoms. The van der Waals surface area contributed by atoms with Crippen LogP contribution in [0.1, 0.15) is 25.5 Å². The second-order valence-corrected chi connectivity index (χ2v) is 8.78. The van der Waals surface area contributed by atoms with Crippen molar-refractivity contribution in [2.45, 2.75) is 24.8 Å². The van der Waals surface area contributed by atoms with E-state index in [-0.39, 0.29) is 30.0 Å². The Kier molecular flexibility index (Phi) is 6.79. The molecule has 7 nitrogen and oxygen atoms in total. The van der Waals surface area contributed by atoms with Gasteiger partial charge in [-0.15, -0.1) is 0 Å². The molecule has 2 aromatic carbocycles. The van der Waals surface area contributed by atoms with E-state index in [2.05, 4.69) is 14.9 Å². The lowest BCUT2D eigenvalue weighted by atomic mass is 10.1. The molecule has 9 heteroatoms. The molecule has 0 saturated heterocycles. The van der Waals surface area contributed by atoms with Gasteiger partial charge in [0.15, 0.2) is 6.61 Å². The first kappa shape index (κ1) is 21.6. The quantitative estimate of drug-likeness (QED) is 0.662. The molecule has 29 heavy (non-hydrogen) atoms. The minimum atomic E-state index is -3.80. The van der Waals surface area contributed by atoms with Crippen molar-refractivity contribution in [1.29, 1.82) is 0 Å². The summed E-state index contributed by atoms with van der Waals surface area (Å²) in [5.41, 5.74) is 1.21. The third-order valence-electron chi connectivity index (χ3n) is 4.88. The van der Waals surface area contributed by atoms with Crippen LogP contribution in [0.25, 0.3) is 0 Å². The fourth-order valence-corrected chi connectivity index (χ4v) is 4.67. The van der Waals surface area contributed by atoms with Gasteiger partial charge in [-0.05, 0) is 42.9 Å². The van der Waals surface area contributed by atoms with Crippen LogP contribution < -0.4 is 14.8 Å². The van der Waals surface area contributed by atoms with Gasteiger partial charge in [0.2, 0.25) is 10.0 Å². The van der Waals surface area contributed by atoms with Crippen molar-refractivity contribution in [3.05, 3.63) is 53.1 Å². The summed E-state index contributed by atoms with van der Waals surface area (Å²) in [5, 5.41) is 3.22. The number of carbonyl (C=O) groups is 1. The van der Waals surface area contributed by atoms with Crippen molar-refractivity contribution in [3.8, 4) is 5.75 Å². The second kappa shape index (κ2) is 9.13. The van der Waals surface area contributed by atoms with Crippen LogP contribution in [0.5, 0.6) is 5.75 Å². The number of fused-ring (bicyclic) bond motifs is 1. The maximum Gasteiger partial charge on any atom is 0.262 e. The van der Waals surface area contributed by atoms with Gasteiger partial charge in [0.25, 0.3) is 5.91 Å². The van der Waals surface area contributed by atoms with Gasteiger partial charge in [0, 0.05) is 17.6 Å². The molecule has 0 bridgehead atoms. The van der Waals surface area contributed by atoms with E-state index in [1.54, 1.807) is 12.1 Å². The lowest BCUT2D eigenvalue weighted by molar-refractivity contribution is -0.118. The first-order valence-corrected chi connectivity index (χ1v) is 11.3. The molecule has 3 rings (SSSR count). The van der Waals surface area contributed by atoms with Gasteiger partial charge in [-0.1, -0.05) is 43.6 Å². The number of sulfonamides is 1. The number of hydrogen-bond acceptors (Lipinski definition) is 5. The third-order valence-corrected chi connectivity index (χ3v) is 6.64. The van der Waals surface area contributed by atoms with Crippen LogP contribution in [0, 0.1) is 0 Å². The highest BCUT2D eigenvalue weighted by molar-refractivity contribution is 7.89. The number of halogens is 1. The Balaban J connectivity index is 1.84. The molecule has 1 aliphatic rings. The number of benzene rings is 2. The first-order chi connectivity index (χ1) is 13.9. The van der Waals surface area contributed by atoms with Crippen LogP contribution in [-0.2, 0) is 14.8 Å². The molecule has 1 amide bonds. The van der Waals surface area contributed by atoms with Gasteiger partial charge in [-0.3, -0.25) is 9.69 Å². The summed E-state index contributed by atoms with van der Waals surface area (Å²) < 4.78 is 33.8. The largest absolute Gasteiger partial charge is 0.482 e. The third kappa shape index (κ3) is 4.90. The number of nitrogens with zero attached hydrogens (tertiary/aromatic N) is 1. The van der Waals surface area contributed by atoms with Crippen molar-refractivity contribution in [3.63, 3.8) is 0 Å². The van der Waals surface area contributed by atoms with Gasteiger partial charge in [-0.25, -0.2) is 13.1 Å². The van der Waals surface area contributed by atoms with E-state index in [4.69, 9.17) is 16.3 Å². The summed E-state index contributed by atoms with van der Waals surface area (Å²) in [7, 11) is -3.80. The summed E-state index contributed by atoms with van der Waals surface area (Å²) >= 11 is 6.38. The van der Waals surface area contributed by atoms with Crippen molar-refractivity contribution < 1.29 is 17.9 Å². The number of anilines is 1. The summed E-state index contributed by atoms with van der Waals surface area (Å²) in [6.07, 6.45) is 0. The maximum atomic E-state index is 12.9. The average Bonchev–Trinajstić information content (AvgIpc) is 2.71. The van der Waals surface area contributed by atoms with E-state index in [0.717, 1.165) is 18.7 Å². The van der Waals surface area contributed by atoms with Gasteiger partial charge < -0.3 is 10.1 Å². The van der Waals surface area contributed by atoms with Crippen molar-refractivity contribution >= 4 is 33.2 Å². The lowest BCUT2D eigenvalue weighted by Crippen LogP contribution is -2.38. The highest BCUT2D eigenvalue weighted by Crippen LogP contribution is 2.31. The highest BCUT2D eigenvalue weighted by atomic mass is 35.5. The van der Waals surface area contributed by atoms with E-state index in [9.17, 15) is 13.2 Å². The van der Waals surface area contributed by atoms with Crippen LogP contribution in [0.4, 0.5) is 5.69 Å². The SMILES string of the molecule is CCN(CC)C(CNS(=O)(=O)c1ccc2c(c1)NC(=O)CO2)c1ccccc1Cl. The number of amides is 1. The second-order valence-electron chi connectivity index (χ2n) is 6.61. The lowest BCUT2D eigenvalue weighted by Gasteiger charge is -2.31. The van der Waals surface area contributed by atoms with Gasteiger partial charge in [-0.2, -0.15) is 0 Å². The molecule has 0 fully saturated rings.